The third-order valence-electron chi connectivity index (χ3n) is 0. The minimum absolute atomic E-state index is 0. The van der Waals surface area contributed by atoms with E-state index in [-0.39, 0.29) is 21.1 Å². The van der Waals surface area contributed by atoms with Crippen molar-refractivity contribution in [1.29, 1.82) is 0 Å². The molecular formula is Br5W2. The first kappa shape index (κ1) is 13.4. The molecule has 0 unspecified atom stereocenters. The Morgan fingerprint density at radius 2 is 0.714 bits per heavy atom. The van der Waals surface area contributed by atoms with Gasteiger partial charge < -0.3 is 0 Å². The monoisotopic (exact) mass is 762 g/mol. The summed E-state index contributed by atoms with van der Waals surface area (Å²) in [5.74, 6) is 0. The van der Waals surface area contributed by atoms with Gasteiger partial charge in [0.05, 0.1) is 0 Å². The Balaban J connectivity index is 0. The van der Waals surface area contributed by atoms with Gasteiger partial charge in [-0.1, -0.05) is 0 Å². The van der Waals surface area contributed by atoms with Crippen molar-refractivity contribution in [2.45, 2.75) is 0 Å². The van der Waals surface area contributed by atoms with E-state index in [1.807, 2.05) is 0 Å². The Morgan fingerprint density at radius 1 is 0.714 bits per heavy atom. The summed E-state index contributed by atoms with van der Waals surface area (Å²) in [7, 11) is 0. The van der Waals surface area contributed by atoms with Crippen LogP contribution in [0, 0.1) is 0 Å². The van der Waals surface area contributed by atoms with Crippen LogP contribution in [0.1, 0.15) is 0 Å². The maximum absolute atomic E-state index is 3.35. The van der Waals surface area contributed by atoms with E-state index in [0.717, 1.165) is 0 Å². The number of halogens is 5. The standard InChI is InChI=1S/5BrH.2W/h5*1H;;/q;;;;;;+5/p-5. The Labute approximate surface area is 89.7 Å². The van der Waals surface area contributed by atoms with Crippen LogP contribution < -0.4 is 0 Å². The van der Waals surface area contributed by atoms with Crippen LogP contribution in [0.4, 0.5) is 0 Å². The predicted molar refractivity (Wildman–Crippen MR) is 44.6 cm³/mol. The van der Waals surface area contributed by atoms with Crippen molar-refractivity contribution in [3.63, 3.8) is 0 Å². The molecule has 0 aromatic rings. The Bertz CT molecular complexity index is 39.3. The molecule has 0 aromatic heterocycles. The van der Waals surface area contributed by atoms with Gasteiger partial charge in [0, 0.05) is 21.1 Å². The van der Waals surface area contributed by atoms with E-state index in [2.05, 4.69) is 66.5 Å². The van der Waals surface area contributed by atoms with E-state index < -0.39 is 4.53 Å². The topological polar surface area (TPSA) is 0 Å². The van der Waals surface area contributed by atoms with Crippen molar-refractivity contribution < 1.29 is 25.6 Å². The van der Waals surface area contributed by atoms with Gasteiger partial charge in [-0.3, -0.25) is 0 Å². The number of hydrogen-bond donors (Lipinski definition) is 0. The third kappa shape index (κ3) is 41.5. The van der Waals surface area contributed by atoms with Crippen LogP contribution >= 0.6 is 66.5 Å². The second kappa shape index (κ2) is 3.97. The molecule has 0 spiro atoms. The summed E-state index contributed by atoms with van der Waals surface area (Å²) in [6.07, 6.45) is 0. The molecule has 7 heavy (non-hydrogen) atoms. The maximum Gasteiger partial charge on any atom is 0 e. The van der Waals surface area contributed by atoms with Crippen molar-refractivity contribution in [3.8, 4) is 0 Å². The van der Waals surface area contributed by atoms with Crippen molar-refractivity contribution in [2.75, 3.05) is 0 Å². The van der Waals surface area contributed by atoms with E-state index in [0.29, 0.717) is 0 Å². The van der Waals surface area contributed by atoms with E-state index in [1.54, 1.807) is 0 Å². The second-order valence-electron chi connectivity index (χ2n) is 0.583. The molecule has 0 N–H and O–H groups in total. The van der Waals surface area contributed by atoms with E-state index in [4.69, 9.17) is 0 Å². The first-order valence-electron chi connectivity index (χ1n) is 0.772. The first-order valence-corrected chi connectivity index (χ1v) is 32.8. The summed E-state index contributed by atoms with van der Waals surface area (Å²) in [5, 5.41) is 0. The van der Waals surface area contributed by atoms with Crippen LogP contribution in [0.2, 0.25) is 0 Å². The summed E-state index contributed by atoms with van der Waals surface area (Å²) in [6.45, 7) is 0. The summed E-state index contributed by atoms with van der Waals surface area (Å²) >= 11 is 16.8. The van der Waals surface area contributed by atoms with Gasteiger partial charge >= 0.3 is 71.0 Å². The van der Waals surface area contributed by atoms with Crippen LogP contribution in [0.25, 0.3) is 0 Å². The zero-order valence-electron chi connectivity index (χ0n) is 2.71. The van der Waals surface area contributed by atoms with E-state index >= 15 is 0 Å². The quantitative estimate of drug-likeness (QED) is 0.347. The Hall–Kier alpha value is 3.78. The molecule has 0 atom stereocenters. The molecule has 0 radical (unpaired) electrons. The summed E-state index contributed by atoms with van der Waals surface area (Å²) in [5.41, 5.74) is 0. The maximum atomic E-state index is 3.35. The van der Waals surface area contributed by atoms with Gasteiger partial charge in [0.25, 0.3) is 0 Å². The fourth-order valence-electron chi connectivity index (χ4n) is 0. The number of rotatable bonds is 0. The van der Waals surface area contributed by atoms with Crippen molar-refractivity contribution in [3.05, 3.63) is 0 Å². The molecule has 0 rings (SSSR count). The van der Waals surface area contributed by atoms with E-state index in [9.17, 15) is 0 Å². The molecule has 0 bridgehead atoms. The first-order chi connectivity index (χ1) is 2.24. The fourth-order valence-corrected chi connectivity index (χ4v) is 0. The van der Waals surface area contributed by atoms with Crippen molar-refractivity contribution in [1.82, 2.24) is 0 Å². The van der Waals surface area contributed by atoms with Gasteiger partial charge in [-0.25, -0.2) is 0 Å². The molecule has 0 aliphatic heterocycles. The molecule has 0 saturated carbocycles. The third-order valence-corrected chi connectivity index (χ3v) is 0. The minimum atomic E-state index is -2.69. The molecule has 0 heterocycles. The molecule has 47 valence electrons. The predicted octanol–water partition coefficient (Wildman–Crippen LogP) is 4.22. The average Bonchev–Trinajstić information content (AvgIpc) is 0.650. The second-order valence-corrected chi connectivity index (χ2v) is 129. The van der Waals surface area contributed by atoms with Gasteiger partial charge in [-0.2, -0.15) is 0 Å². The molecule has 0 nitrogen and oxygen atoms in total. The molecule has 0 aliphatic carbocycles. The zero-order chi connectivity index (χ0) is 5.45. The number of hydrogen-bond acceptors (Lipinski definition) is 0. The summed E-state index contributed by atoms with van der Waals surface area (Å²) in [4.78, 5) is 0. The Kier molecular flexibility index (Phi) is 7.58. The van der Waals surface area contributed by atoms with Gasteiger partial charge in [0.2, 0.25) is 0 Å². The molecule has 7 heteroatoms. The molecular weight excluding hydrogens is 767 g/mol. The summed E-state index contributed by atoms with van der Waals surface area (Å²) < 4.78 is -2.69. The van der Waals surface area contributed by atoms with Gasteiger partial charge in [0.1, 0.15) is 0 Å². The van der Waals surface area contributed by atoms with E-state index in [1.165, 1.54) is 0 Å². The molecule has 0 saturated heterocycles. The molecule has 0 amide bonds. The summed E-state index contributed by atoms with van der Waals surface area (Å²) in [6, 6.07) is 0. The van der Waals surface area contributed by atoms with Crippen molar-refractivity contribution in [2.24, 2.45) is 0 Å². The van der Waals surface area contributed by atoms with Gasteiger partial charge in [0.15, 0.2) is 0 Å². The van der Waals surface area contributed by atoms with Crippen LogP contribution in [0.15, 0.2) is 0 Å². The van der Waals surface area contributed by atoms with Crippen molar-refractivity contribution >= 4 is 66.5 Å². The normalized spacial score (nSPS) is 16.4. The molecule has 0 fully saturated rings. The van der Waals surface area contributed by atoms with Crippen LogP contribution in [-0.2, 0) is 25.6 Å². The minimum Gasteiger partial charge on any atom is 0 e. The zero-order valence-corrected chi connectivity index (χ0v) is 16.5. The van der Waals surface area contributed by atoms with Crippen LogP contribution in [-0.4, -0.2) is 0 Å². The van der Waals surface area contributed by atoms with Crippen LogP contribution in [0.3, 0.4) is 0 Å². The average molecular weight is 767 g/mol. The SMILES string of the molecule is [Br][W]([Br])([Br])([Br])[Br].[W]. The fraction of sp³-hybridized carbons (Fsp3) is 0. The molecule has 0 aliphatic rings. The molecule has 0 aromatic carbocycles. The van der Waals surface area contributed by atoms with Gasteiger partial charge in [-0.15, -0.1) is 0 Å². The largest absolute Gasteiger partial charge is 0 e. The smallest absolute Gasteiger partial charge is 0 e. The Morgan fingerprint density at radius 3 is 0.714 bits per heavy atom. The van der Waals surface area contributed by atoms with Gasteiger partial charge in [-0.05, 0) is 0 Å². The van der Waals surface area contributed by atoms with Crippen LogP contribution in [0.5, 0.6) is 0 Å².